The quantitative estimate of drug-likeness (QED) is 0.0263. The Balaban J connectivity index is 4.54. The monoisotopic (exact) mass is 835 g/mol. The highest BCUT2D eigenvalue weighted by molar-refractivity contribution is 5.72. The zero-order valence-corrected chi connectivity index (χ0v) is 38.9. The van der Waals surface area contributed by atoms with E-state index < -0.39 is 12.1 Å². The number of hydrogen-bond donors (Lipinski definition) is 0. The summed E-state index contributed by atoms with van der Waals surface area (Å²) in [5, 5.41) is 0. The van der Waals surface area contributed by atoms with Crippen LogP contribution in [-0.2, 0) is 28.6 Å². The number of allylic oxidation sites excluding steroid dienone is 13. The van der Waals surface area contributed by atoms with Gasteiger partial charge in [-0.1, -0.05) is 189 Å². The summed E-state index contributed by atoms with van der Waals surface area (Å²) in [7, 11) is 0. The molecular formula is C54H90O6. The van der Waals surface area contributed by atoms with Crippen molar-refractivity contribution >= 4 is 17.9 Å². The molecular weight excluding hydrogens is 745 g/mol. The first-order valence-corrected chi connectivity index (χ1v) is 24.6. The minimum Gasteiger partial charge on any atom is -0.462 e. The Hall–Kier alpha value is -3.41. The van der Waals surface area contributed by atoms with E-state index in [4.69, 9.17) is 14.2 Å². The summed E-state index contributed by atoms with van der Waals surface area (Å²) in [5.74, 6) is -1.07. The van der Waals surface area contributed by atoms with Gasteiger partial charge in [0.15, 0.2) is 6.10 Å². The number of esters is 3. The van der Waals surface area contributed by atoms with Crippen molar-refractivity contribution in [2.75, 3.05) is 13.2 Å². The Kier molecular flexibility index (Phi) is 45.5. The van der Waals surface area contributed by atoms with Gasteiger partial charge in [-0.3, -0.25) is 14.4 Å². The van der Waals surface area contributed by atoms with E-state index >= 15 is 0 Å². The highest BCUT2D eigenvalue weighted by Crippen LogP contribution is 2.13. The fraction of sp³-hybridized carbons (Fsp3) is 0.685. The summed E-state index contributed by atoms with van der Waals surface area (Å²) in [6.07, 6.45) is 61.6. The van der Waals surface area contributed by atoms with Gasteiger partial charge in [0.1, 0.15) is 13.2 Å². The Bertz CT molecular complexity index is 1190. The zero-order valence-electron chi connectivity index (χ0n) is 38.9. The summed E-state index contributed by atoms with van der Waals surface area (Å²) < 4.78 is 16.6. The van der Waals surface area contributed by atoms with Crippen molar-refractivity contribution in [3.8, 4) is 0 Å². The predicted molar refractivity (Wildman–Crippen MR) is 256 cm³/mol. The summed E-state index contributed by atoms with van der Waals surface area (Å²) in [6, 6.07) is 0. The maximum Gasteiger partial charge on any atom is 0.309 e. The van der Waals surface area contributed by atoms with Gasteiger partial charge in [-0.05, 0) is 96.3 Å². The van der Waals surface area contributed by atoms with E-state index in [0.717, 1.165) is 96.3 Å². The van der Waals surface area contributed by atoms with Crippen molar-refractivity contribution in [1.29, 1.82) is 0 Å². The fourth-order valence-electron chi connectivity index (χ4n) is 6.44. The van der Waals surface area contributed by atoms with E-state index in [1.807, 2.05) is 6.08 Å². The SMILES string of the molecule is CC/C=C\C/C=C\C/C=C\C/C=C\C/C=C\CC(=O)OCC(COC(=O)CCCCCCC/C=C\CCCCCC)OC(=O)CCCCCCC/C=C\CCCCCCC. The van der Waals surface area contributed by atoms with Crippen molar-refractivity contribution in [1.82, 2.24) is 0 Å². The van der Waals surface area contributed by atoms with Gasteiger partial charge in [-0.2, -0.15) is 0 Å². The molecule has 0 fully saturated rings. The minimum atomic E-state index is -0.822. The number of carbonyl (C=O) groups excluding carboxylic acids is 3. The summed E-state index contributed by atoms with van der Waals surface area (Å²) in [5.41, 5.74) is 0. The van der Waals surface area contributed by atoms with Gasteiger partial charge < -0.3 is 14.2 Å². The second kappa shape index (κ2) is 48.3. The van der Waals surface area contributed by atoms with E-state index in [-0.39, 0.29) is 31.6 Å². The van der Waals surface area contributed by atoms with Crippen LogP contribution in [-0.4, -0.2) is 37.2 Å². The van der Waals surface area contributed by atoms with Crippen LogP contribution in [0, 0.1) is 0 Å². The smallest absolute Gasteiger partial charge is 0.309 e. The lowest BCUT2D eigenvalue weighted by Gasteiger charge is -2.18. The lowest BCUT2D eigenvalue weighted by atomic mass is 10.1. The van der Waals surface area contributed by atoms with Crippen LogP contribution in [0.3, 0.4) is 0 Å². The first kappa shape index (κ1) is 56.6. The largest absolute Gasteiger partial charge is 0.462 e. The third-order valence-corrected chi connectivity index (χ3v) is 10.1. The van der Waals surface area contributed by atoms with Gasteiger partial charge in [-0.25, -0.2) is 0 Å². The Morgan fingerprint density at radius 2 is 0.717 bits per heavy atom. The van der Waals surface area contributed by atoms with Crippen molar-refractivity contribution in [2.45, 2.75) is 226 Å². The van der Waals surface area contributed by atoms with Gasteiger partial charge in [0.05, 0.1) is 6.42 Å². The van der Waals surface area contributed by atoms with Gasteiger partial charge in [0.25, 0.3) is 0 Å². The molecule has 0 saturated carbocycles. The standard InChI is InChI=1S/C54H90O6/c1-4-7-10-13-16-19-22-25-27-30-32-35-38-41-44-47-53(56)59-50-51(49-58-52(55)46-43-40-37-34-31-28-24-21-18-15-12-9-6-3)60-54(57)48-45-42-39-36-33-29-26-23-20-17-14-11-8-5-2/h7,10,16,19,21,23-27,32,35,41,44,51H,4-6,8-9,11-15,17-18,20,22,28-31,33-34,36-40,42-43,45-50H2,1-3H3/b10-7-,19-16-,24-21-,26-23-,27-25-,35-32-,44-41-. The number of rotatable bonds is 43. The van der Waals surface area contributed by atoms with Crippen LogP contribution in [0.1, 0.15) is 220 Å². The zero-order chi connectivity index (χ0) is 43.7. The van der Waals surface area contributed by atoms with E-state index in [9.17, 15) is 14.4 Å². The van der Waals surface area contributed by atoms with Crippen molar-refractivity contribution in [3.63, 3.8) is 0 Å². The van der Waals surface area contributed by atoms with Crippen LogP contribution in [0.25, 0.3) is 0 Å². The highest BCUT2D eigenvalue weighted by atomic mass is 16.6. The Morgan fingerprint density at radius 3 is 1.17 bits per heavy atom. The summed E-state index contributed by atoms with van der Waals surface area (Å²) >= 11 is 0. The molecule has 0 aliphatic rings. The molecule has 0 amide bonds. The summed E-state index contributed by atoms with van der Waals surface area (Å²) in [6.45, 7) is 6.38. The van der Waals surface area contributed by atoms with Crippen LogP contribution in [0.4, 0.5) is 0 Å². The lowest BCUT2D eigenvalue weighted by Crippen LogP contribution is -2.30. The molecule has 6 nitrogen and oxygen atoms in total. The van der Waals surface area contributed by atoms with E-state index in [0.29, 0.717) is 12.8 Å². The molecule has 0 aromatic heterocycles. The molecule has 6 heteroatoms. The molecule has 0 rings (SSSR count). The molecule has 0 aromatic rings. The van der Waals surface area contributed by atoms with Crippen LogP contribution < -0.4 is 0 Å². The number of carbonyl (C=O) groups is 3. The summed E-state index contributed by atoms with van der Waals surface area (Å²) in [4.78, 5) is 37.8. The molecule has 0 aliphatic carbocycles. The molecule has 0 N–H and O–H groups in total. The second-order valence-corrected chi connectivity index (χ2v) is 16.0. The molecule has 0 saturated heterocycles. The molecule has 1 unspecified atom stereocenters. The average Bonchev–Trinajstić information content (AvgIpc) is 3.24. The number of unbranched alkanes of at least 4 members (excludes halogenated alkanes) is 19. The van der Waals surface area contributed by atoms with Crippen LogP contribution >= 0.6 is 0 Å². The van der Waals surface area contributed by atoms with E-state index in [1.165, 1.54) is 83.5 Å². The van der Waals surface area contributed by atoms with Gasteiger partial charge >= 0.3 is 17.9 Å². The number of hydrogen-bond acceptors (Lipinski definition) is 6. The molecule has 342 valence electrons. The maximum absolute atomic E-state index is 12.8. The molecule has 60 heavy (non-hydrogen) atoms. The topological polar surface area (TPSA) is 78.9 Å². The fourth-order valence-corrected chi connectivity index (χ4v) is 6.44. The molecule has 0 heterocycles. The normalized spacial score (nSPS) is 12.8. The van der Waals surface area contributed by atoms with Crippen LogP contribution in [0.2, 0.25) is 0 Å². The van der Waals surface area contributed by atoms with Gasteiger partial charge in [0, 0.05) is 12.8 Å². The molecule has 0 aromatic carbocycles. The molecule has 0 aliphatic heterocycles. The third-order valence-electron chi connectivity index (χ3n) is 10.1. The van der Waals surface area contributed by atoms with E-state index in [1.54, 1.807) is 6.08 Å². The number of ether oxygens (including phenoxy) is 3. The minimum absolute atomic E-state index is 0.115. The highest BCUT2D eigenvalue weighted by Gasteiger charge is 2.19. The van der Waals surface area contributed by atoms with Crippen molar-refractivity contribution < 1.29 is 28.6 Å². The van der Waals surface area contributed by atoms with Crippen molar-refractivity contribution in [3.05, 3.63) is 85.1 Å². The second-order valence-electron chi connectivity index (χ2n) is 16.0. The molecule has 0 bridgehead atoms. The Labute approximate surface area is 369 Å². The van der Waals surface area contributed by atoms with Gasteiger partial charge in [0.2, 0.25) is 0 Å². The van der Waals surface area contributed by atoms with Crippen LogP contribution in [0.5, 0.6) is 0 Å². The first-order chi connectivity index (χ1) is 29.5. The van der Waals surface area contributed by atoms with Crippen LogP contribution in [0.15, 0.2) is 85.1 Å². The van der Waals surface area contributed by atoms with Crippen molar-refractivity contribution in [2.24, 2.45) is 0 Å². The molecule has 0 radical (unpaired) electrons. The lowest BCUT2D eigenvalue weighted by molar-refractivity contribution is -0.166. The Morgan fingerprint density at radius 1 is 0.367 bits per heavy atom. The van der Waals surface area contributed by atoms with E-state index in [2.05, 4.69) is 93.7 Å². The molecule has 1 atom stereocenters. The molecule has 0 spiro atoms. The first-order valence-electron chi connectivity index (χ1n) is 24.6. The maximum atomic E-state index is 12.8. The third kappa shape index (κ3) is 45.7. The average molecular weight is 835 g/mol. The predicted octanol–water partition coefficient (Wildman–Crippen LogP) is 16.0. The van der Waals surface area contributed by atoms with Gasteiger partial charge in [-0.15, -0.1) is 0 Å².